The molecule has 1 aromatic carbocycles. The molecule has 1 atom stereocenters. The molecule has 0 aromatic heterocycles. The average molecular weight is 222 g/mol. The van der Waals surface area contributed by atoms with E-state index in [0.717, 1.165) is 13.0 Å². The van der Waals surface area contributed by atoms with Crippen LogP contribution in [0.15, 0.2) is 24.3 Å². The van der Waals surface area contributed by atoms with Crippen molar-refractivity contribution in [1.29, 1.82) is 0 Å². The molecule has 86 valence electrons. The Morgan fingerprint density at radius 1 is 1.50 bits per heavy atom. The number of ether oxygens (including phenoxy) is 3. The zero-order chi connectivity index (χ0) is 11.4. The quantitative estimate of drug-likeness (QED) is 0.729. The van der Waals surface area contributed by atoms with Crippen LogP contribution < -0.4 is 4.74 Å². The Hall–Kier alpha value is -1.55. The van der Waals surface area contributed by atoms with Crippen LogP contribution in [0.4, 0.5) is 0 Å². The average Bonchev–Trinajstić information content (AvgIpc) is 2.81. The largest absolute Gasteiger partial charge is 0.488 e. The molecule has 1 heterocycles. The summed E-state index contributed by atoms with van der Waals surface area (Å²) in [6.45, 7) is 1.35. The van der Waals surface area contributed by atoms with E-state index in [2.05, 4.69) is 4.74 Å². The number of methoxy groups -OCH3 is 1. The van der Waals surface area contributed by atoms with E-state index in [1.807, 2.05) is 6.07 Å². The van der Waals surface area contributed by atoms with Gasteiger partial charge in [0.25, 0.3) is 0 Å². The van der Waals surface area contributed by atoms with Gasteiger partial charge in [-0.3, -0.25) is 0 Å². The van der Waals surface area contributed by atoms with Crippen LogP contribution in [-0.2, 0) is 9.47 Å². The van der Waals surface area contributed by atoms with E-state index in [-0.39, 0.29) is 12.1 Å². The Labute approximate surface area is 94.1 Å². The standard InChI is InChI=1S/C12H14O4/c1-14-12(13)9-3-2-4-10(7-9)16-11-5-6-15-8-11/h2-4,7,11H,5-6,8H2,1H3. The second-order valence-corrected chi connectivity index (χ2v) is 3.62. The first-order valence-electron chi connectivity index (χ1n) is 5.22. The van der Waals surface area contributed by atoms with Crippen LogP contribution in [-0.4, -0.2) is 32.4 Å². The van der Waals surface area contributed by atoms with Crippen molar-refractivity contribution in [3.05, 3.63) is 29.8 Å². The number of hydrogen-bond acceptors (Lipinski definition) is 4. The van der Waals surface area contributed by atoms with E-state index in [4.69, 9.17) is 9.47 Å². The topological polar surface area (TPSA) is 44.8 Å². The van der Waals surface area contributed by atoms with Gasteiger partial charge in [-0.15, -0.1) is 0 Å². The van der Waals surface area contributed by atoms with E-state index >= 15 is 0 Å². The molecule has 0 amide bonds. The summed E-state index contributed by atoms with van der Waals surface area (Å²) in [5.41, 5.74) is 0.499. The van der Waals surface area contributed by atoms with Crippen LogP contribution in [0.3, 0.4) is 0 Å². The summed E-state index contributed by atoms with van der Waals surface area (Å²) >= 11 is 0. The highest BCUT2D eigenvalue weighted by Gasteiger charge is 2.17. The van der Waals surface area contributed by atoms with E-state index in [1.54, 1.807) is 18.2 Å². The molecule has 0 bridgehead atoms. The van der Waals surface area contributed by atoms with Gasteiger partial charge < -0.3 is 14.2 Å². The number of carbonyl (C=O) groups excluding carboxylic acids is 1. The lowest BCUT2D eigenvalue weighted by Crippen LogP contribution is -2.15. The van der Waals surface area contributed by atoms with Crippen LogP contribution in [0, 0.1) is 0 Å². The first-order chi connectivity index (χ1) is 7.79. The fraction of sp³-hybridized carbons (Fsp3) is 0.417. The summed E-state index contributed by atoms with van der Waals surface area (Å²) < 4.78 is 15.5. The molecule has 4 nitrogen and oxygen atoms in total. The first-order valence-corrected chi connectivity index (χ1v) is 5.22. The van der Waals surface area contributed by atoms with Gasteiger partial charge in [0.15, 0.2) is 0 Å². The lowest BCUT2D eigenvalue weighted by Gasteiger charge is -2.12. The number of hydrogen-bond donors (Lipinski definition) is 0. The maximum absolute atomic E-state index is 11.3. The summed E-state index contributed by atoms with van der Waals surface area (Å²) in [6.07, 6.45) is 0.982. The molecule has 1 saturated heterocycles. The van der Waals surface area contributed by atoms with Crippen molar-refractivity contribution in [3.8, 4) is 5.75 Å². The van der Waals surface area contributed by atoms with Gasteiger partial charge in [-0.2, -0.15) is 0 Å². The van der Waals surface area contributed by atoms with E-state index < -0.39 is 0 Å². The zero-order valence-electron chi connectivity index (χ0n) is 9.14. The van der Waals surface area contributed by atoms with Gasteiger partial charge in [-0.25, -0.2) is 4.79 Å². The normalized spacial score (nSPS) is 19.4. The molecular formula is C12H14O4. The Morgan fingerprint density at radius 3 is 3.06 bits per heavy atom. The summed E-state index contributed by atoms with van der Waals surface area (Å²) in [5, 5.41) is 0. The maximum Gasteiger partial charge on any atom is 0.337 e. The van der Waals surface area contributed by atoms with Crippen molar-refractivity contribution in [2.45, 2.75) is 12.5 Å². The predicted octanol–water partition coefficient (Wildman–Crippen LogP) is 1.64. The van der Waals surface area contributed by atoms with Crippen molar-refractivity contribution in [3.63, 3.8) is 0 Å². The fourth-order valence-corrected chi connectivity index (χ4v) is 1.61. The second-order valence-electron chi connectivity index (χ2n) is 3.62. The molecule has 1 aliphatic heterocycles. The third-order valence-electron chi connectivity index (χ3n) is 2.45. The van der Waals surface area contributed by atoms with Crippen LogP contribution >= 0.6 is 0 Å². The highest BCUT2D eigenvalue weighted by atomic mass is 16.5. The minimum absolute atomic E-state index is 0.0906. The molecule has 1 aromatic rings. The van der Waals surface area contributed by atoms with Crippen molar-refractivity contribution < 1.29 is 19.0 Å². The first kappa shape index (κ1) is 11.0. The Morgan fingerprint density at radius 2 is 2.38 bits per heavy atom. The van der Waals surface area contributed by atoms with E-state index in [9.17, 15) is 4.79 Å². The fourth-order valence-electron chi connectivity index (χ4n) is 1.61. The molecule has 2 rings (SSSR count). The third-order valence-corrected chi connectivity index (χ3v) is 2.45. The van der Waals surface area contributed by atoms with E-state index in [1.165, 1.54) is 7.11 Å². The van der Waals surface area contributed by atoms with Crippen LogP contribution in [0.2, 0.25) is 0 Å². The van der Waals surface area contributed by atoms with Gasteiger partial charge in [0.2, 0.25) is 0 Å². The smallest absolute Gasteiger partial charge is 0.337 e. The molecule has 0 aliphatic carbocycles. The summed E-state index contributed by atoms with van der Waals surface area (Å²) in [5.74, 6) is 0.325. The highest BCUT2D eigenvalue weighted by Crippen LogP contribution is 2.18. The van der Waals surface area contributed by atoms with Crippen molar-refractivity contribution in [1.82, 2.24) is 0 Å². The number of esters is 1. The molecule has 0 N–H and O–H groups in total. The zero-order valence-corrected chi connectivity index (χ0v) is 9.14. The Balaban J connectivity index is 2.06. The van der Waals surface area contributed by atoms with Gasteiger partial charge in [-0.05, 0) is 18.2 Å². The summed E-state index contributed by atoms with van der Waals surface area (Å²) in [4.78, 5) is 11.3. The van der Waals surface area contributed by atoms with Gasteiger partial charge in [-0.1, -0.05) is 6.07 Å². The Kier molecular flexibility index (Phi) is 3.41. The number of rotatable bonds is 3. The monoisotopic (exact) mass is 222 g/mol. The van der Waals surface area contributed by atoms with Crippen molar-refractivity contribution >= 4 is 5.97 Å². The molecule has 0 spiro atoms. The van der Waals surface area contributed by atoms with Crippen molar-refractivity contribution in [2.24, 2.45) is 0 Å². The molecule has 1 unspecified atom stereocenters. The summed E-state index contributed by atoms with van der Waals surface area (Å²) in [6, 6.07) is 6.98. The van der Waals surface area contributed by atoms with Gasteiger partial charge in [0, 0.05) is 6.42 Å². The molecule has 0 radical (unpaired) electrons. The second kappa shape index (κ2) is 4.99. The van der Waals surface area contributed by atoms with Gasteiger partial charge in [0.1, 0.15) is 11.9 Å². The number of benzene rings is 1. The minimum Gasteiger partial charge on any atom is -0.488 e. The SMILES string of the molecule is COC(=O)c1cccc(OC2CCOC2)c1. The van der Waals surface area contributed by atoms with Crippen LogP contribution in [0.25, 0.3) is 0 Å². The molecule has 16 heavy (non-hydrogen) atoms. The van der Waals surface area contributed by atoms with Gasteiger partial charge >= 0.3 is 5.97 Å². The van der Waals surface area contributed by atoms with Gasteiger partial charge in [0.05, 0.1) is 25.9 Å². The summed E-state index contributed by atoms with van der Waals surface area (Å²) in [7, 11) is 1.36. The van der Waals surface area contributed by atoms with Crippen molar-refractivity contribution in [2.75, 3.05) is 20.3 Å². The molecule has 1 aliphatic rings. The third kappa shape index (κ3) is 2.52. The lowest BCUT2D eigenvalue weighted by molar-refractivity contribution is 0.0600. The molecule has 1 fully saturated rings. The molecule has 4 heteroatoms. The predicted molar refractivity (Wildman–Crippen MR) is 57.6 cm³/mol. The Bertz CT molecular complexity index is 369. The minimum atomic E-state index is -0.354. The number of carbonyl (C=O) groups is 1. The van der Waals surface area contributed by atoms with Crippen LogP contribution in [0.5, 0.6) is 5.75 Å². The van der Waals surface area contributed by atoms with E-state index in [0.29, 0.717) is 17.9 Å². The molecule has 0 saturated carbocycles. The molecular weight excluding hydrogens is 208 g/mol. The van der Waals surface area contributed by atoms with Crippen LogP contribution in [0.1, 0.15) is 16.8 Å². The lowest BCUT2D eigenvalue weighted by atomic mass is 10.2. The highest BCUT2D eigenvalue weighted by molar-refractivity contribution is 5.89. The maximum atomic E-state index is 11.3.